The number of nitrogens with one attached hydrogen (secondary N) is 1. The second kappa shape index (κ2) is 7.76. The van der Waals surface area contributed by atoms with Crippen molar-refractivity contribution in [3.63, 3.8) is 0 Å². The molecular weight excluding hydrogens is 267 g/mol. The third-order valence-electron chi connectivity index (χ3n) is 4.17. The van der Waals surface area contributed by atoms with E-state index in [0.29, 0.717) is 0 Å². The van der Waals surface area contributed by atoms with Gasteiger partial charge in [0, 0.05) is 25.7 Å². The Balaban J connectivity index is 2.20. The van der Waals surface area contributed by atoms with Crippen molar-refractivity contribution in [2.45, 2.75) is 45.3 Å². The molecule has 1 heterocycles. The minimum Gasteiger partial charge on any atom is -0.376 e. The van der Waals surface area contributed by atoms with Gasteiger partial charge in [0.15, 0.2) is 0 Å². The van der Waals surface area contributed by atoms with E-state index in [0.717, 1.165) is 50.2 Å². The molecule has 0 radical (unpaired) electrons. The predicted octanol–water partition coefficient (Wildman–Crippen LogP) is 3.50. The molecular formula is C17H27FN2O. The normalized spacial score (nSPS) is 20.6. The van der Waals surface area contributed by atoms with Crippen molar-refractivity contribution in [1.29, 1.82) is 0 Å². The zero-order valence-corrected chi connectivity index (χ0v) is 13.4. The maximum absolute atomic E-state index is 14.4. The average molecular weight is 294 g/mol. The lowest BCUT2D eigenvalue weighted by Crippen LogP contribution is -2.41. The monoisotopic (exact) mass is 294 g/mol. The summed E-state index contributed by atoms with van der Waals surface area (Å²) in [5, 5.41) is 3.21. The molecule has 2 rings (SSSR count). The SMILES string of the molecule is CCCOC1CCCN(c2c(F)cccc2C(C)NC)C1. The number of nitrogens with zero attached hydrogens (tertiary/aromatic N) is 1. The minimum atomic E-state index is -0.134. The second-order valence-electron chi connectivity index (χ2n) is 5.77. The van der Waals surface area contributed by atoms with Crippen LogP contribution in [-0.4, -0.2) is 32.8 Å². The molecule has 0 aromatic heterocycles. The molecule has 1 aromatic rings. The van der Waals surface area contributed by atoms with Crippen LogP contribution in [0, 0.1) is 5.82 Å². The predicted molar refractivity (Wildman–Crippen MR) is 85.4 cm³/mol. The summed E-state index contributed by atoms with van der Waals surface area (Å²) in [7, 11) is 1.91. The van der Waals surface area contributed by atoms with E-state index in [1.165, 1.54) is 0 Å². The molecule has 0 saturated carbocycles. The van der Waals surface area contributed by atoms with Gasteiger partial charge >= 0.3 is 0 Å². The van der Waals surface area contributed by atoms with Gasteiger partial charge in [0.2, 0.25) is 0 Å². The molecule has 1 saturated heterocycles. The minimum absolute atomic E-state index is 0.132. The molecule has 0 amide bonds. The quantitative estimate of drug-likeness (QED) is 0.869. The molecule has 4 heteroatoms. The number of rotatable bonds is 6. The number of hydrogen-bond donors (Lipinski definition) is 1. The first-order valence-corrected chi connectivity index (χ1v) is 7.99. The lowest BCUT2D eigenvalue weighted by molar-refractivity contribution is 0.0439. The van der Waals surface area contributed by atoms with Gasteiger partial charge in [0.25, 0.3) is 0 Å². The van der Waals surface area contributed by atoms with E-state index in [2.05, 4.69) is 24.1 Å². The van der Waals surface area contributed by atoms with Gasteiger partial charge in [-0.05, 0) is 44.9 Å². The smallest absolute Gasteiger partial charge is 0.146 e. The molecule has 118 valence electrons. The summed E-state index contributed by atoms with van der Waals surface area (Å²) < 4.78 is 20.3. The van der Waals surface area contributed by atoms with E-state index in [1.807, 2.05) is 13.1 Å². The van der Waals surface area contributed by atoms with Crippen LogP contribution in [0.2, 0.25) is 0 Å². The van der Waals surface area contributed by atoms with Crippen LogP contribution in [0.5, 0.6) is 0 Å². The summed E-state index contributed by atoms with van der Waals surface area (Å²) in [5.74, 6) is -0.134. The molecule has 0 spiro atoms. The van der Waals surface area contributed by atoms with E-state index in [-0.39, 0.29) is 18.0 Å². The van der Waals surface area contributed by atoms with Crippen LogP contribution < -0.4 is 10.2 Å². The molecule has 3 nitrogen and oxygen atoms in total. The van der Waals surface area contributed by atoms with Crippen LogP contribution >= 0.6 is 0 Å². The highest BCUT2D eigenvalue weighted by Crippen LogP contribution is 2.31. The van der Waals surface area contributed by atoms with E-state index in [1.54, 1.807) is 12.1 Å². The van der Waals surface area contributed by atoms with Crippen molar-refractivity contribution in [2.24, 2.45) is 0 Å². The highest BCUT2D eigenvalue weighted by Gasteiger charge is 2.25. The number of para-hydroxylation sites is 1. The molecule has 2 atom stereocenters. The summed E-state index contributed by atoms with van der Waals surface area (Å²) >= 11 is 0. The maximum atomic E-state index is 14.4. The Hall–Kier alpha value is -1.13. The highest BCUT2D eigenvalue weighted by molar-refractivity contribution is 5.56. The molecule has 1 N–H and O–H groups in total. The van der Waals surface area contributed by atoms with Crippen molar-refractivity contribution >= 4 is 5.69 Å². The molecule has 1 aromatic carbocycles. The van der Waals surface area contributed by atoms with Gasteiger partial charge < -0.3 is 15.0 Å². The molecule has 1 fully saturated rings. The lowest BCUT2D eigenvalue weighted by atomic mass is 10.0. The Morgan fingerprint density at radius 1 is 1.48 bits per heavy atom. The first kappa shape index (κ1) is 16.2. The summed E-state index contributed by atoms with van der Waals surface area (Å²) in [6.07, 6.45) is 3.37. The zero-order valence-electron chi connectivity index (χ0n) is 13.4. The Kier molecular flexibility index (Phi) is 6.00. The Morgan fingerprint density at radius 2 is 2.29 bits per heavy atom. The second-order valence-corrected chi connectivity index (χ2v) is 5.77. The zero-order chi connectivity index (χ0) is 15.2. The number of anilines is 1. The lowest BCUT2D eigenvalue weighted by Gasteiger charge is -2.36. The summed E-state index contributed by atoms with van der Waals surface area (Å²) in [6.45, 7) is 6.65. The summed E-state index contributed by atoms with van der Waals surface area (Å²) in [4.78, 5) is 2.16. The third-order valence-corrected chi connectivity index (χ3v) is 4.17. The van der Waals surface area contributed by atoms with Crippen molar-refractivity contribution in [1.82, 2.24) is 5.32 Å². The fraction of sp³-hybridized carbons (Fsp3) is 0.647. The van der Waals surface area contributed by atoms with Gasteiger partial charge in [0.1, 0.15) is 5.82 Å². The maximum Gasteiger partial charge on any atom is 0.146 e. The standard InChI is InChI=1S/C17H27FN2O/c1-4-11-21-14-7-6-10-20(12-14)17-15(13(2)19-3)8-5-9-16(17)18/h5,8-9,13-14,19H,4,6-7,10-12H2,1-3H3. The van der Waals surface area contributed by atoms with Gasteiger partial charge in [0.05, 0.1) is 11.8 Å². The summed E-state index contributed by atoms with van der Waals surface area (Å²) in [6, 6.07) is 5.48. The van der Waals surface area contributed by atoms with Crippen LogP contribution in [0.3, 0.4) is 0 Å². The van der Waals surface area contributed by atoms with Crippen molar-refractivity contribution in [3.8, 4) is 0 Å². The molecule has 1 aliphatic rings. The number of benzene rings is 1. The largest absolute Gasteiger partial charge is 0.376 e. The number of halogens is 1. The molecule has 2 unspecified atom stereocenters. The van der Waals surface area contributed by atoms with Crippen LogP contribution in [0.15, 0.2) is 18.2 Å². The van der Waals surface area contributed by atoms with Gasteiger partial charge in [-0.2, -0.15) is 0 Å². The number of ether oxygens (including phenoxy) is 1. The van der Waals surface area contributed by atoms with E-state index >= 15 is 0 Å². The number of hydrogen-bond acceptors (Lipinski definition) is 3. The van der Waals surface area contributed by atoms with Crippen LogP contribution in [0.25, 0.3) is 0 Å². The average Bonchev–Trinajstić information content (AvgIpc) is 2.52. The van der Waals surface area contributed by atoms with Crippen molar-refractivity contribution < 1.29 is 9.13 Å². The van der Waals surface area contributed by atoms with Crippen molar-refractivity contribution in [2.75, 3.05) is 31.6 Å². The van der Waals surface area contributed by atoms with Gasteiger partial charge in [-0.3, -0.25) is 0 Å². The fourth-order valence-electron chi connectivity index (χ4n) is 2.93. The Labute approximate surface area is 127 Å². The Bertz CT molecular complexity index is 452. The van der Waals surface area contributed by atoms with Gasteiger partial charge in [-0.1, -0.05) is 19.1 Å². The highest BCUT2D eigenvalue weighted by atomic mass is 19.1. The van der Waals surface area contributed by atoms with E-state index in [9.17, 15) is 4.39 Å². The van der Waals surface area contributed by atoms with Gasteiger partial charge in [-0.15, -0.1) is 0 Å². The van der Waals surface area contributed by atoms with E-state index in [4.69, 9.17) is 4.74 Å². The van der Waals surface area contributed by atoms with Crippen molar-refractivity contribution in [3.05, 3.63) is 29.6 Å². The summed E-state index contributed by atoms with van der Waals surface area (Å²) in [5.41, 5.74) is 1.76. The van der Waals surface area contributed by atoms with Gasteiger partial charge in [-0.25, -0.2) is 4.39 Å². The van der Waals surface area contributed by atoms with E-state index < -0.39 is 0 Å². The van der Waals surface area contributed by atoms with Crippen LogP contribution in [-0.2, 0) is 4.74 Å². The Morgan fingerprint density at radius 3 is 3.00 bits per heavy atom. The first-order valence-electron chi connectivity index (χ1n) is 7.99. The molecule has 1 aliphatic heterocycles. The molecule has 0 aliphatic carbocycles. The molecule has 21 heavy (non-hydrogen) atoms. The third kappa shape index (κ3) is 3.95. The van der Waals surface area contributed by atoms with Crippen LogP contribution in [0.4, 0.5) is 10.1 Å². The van der Waals surface area contributed by atoms with Crippen LogP contribution in [0.1, 0.15) is 44.7 Å². The molecule has 0 bridgehead atoms. The first-order chi connectivity index (χ1) is 10.2. The number of piperidine rings is 1. The fourth-order valence-corrected chi connectivity index (χ4v) is 2.93. The topological polar surface area (TPSA) is 24.5 Å².